The van der Waals surface area contributed by atoms with Gasteiger partial charge in [0.05, 0.1) is 6.61 Å². The summed E-state index contributed by atoms with van der Waals surface area (Å²) in [4.78, 5) is 10.5. The molecule has 2 aromatic rings. The summed E-state index contributed by atoms with van der Waals surface area (Å²) in [6.07, 6.45) is 5.15. The third-order valence-electron chi connectivity index (χ3n) is 5.59. The average Bonchev–Trinajstić information content (AvgIpc) is 3.13. The molecule has 0 amide bonds. The fourth-order valence-corrected chi connectivity index (χ4v) is 3.85. The summed E-state index contributed by atoms with van der Waals surface area (Å²) in [5.74, 6) is 1.30. The Hall–Kier alpha value is -1.39. The lowest BCUT2D eigenvalue weighted by atomic mass is 9.97. The molecule has 8 heteroatoms. The molecule has 0 spiro atoms. The van der Waals surface area contributed by atoms with Crippen molar-refractivity contribution in [3.8, 4) is 0 Å². The van der Waals surface area contributed by atoms with Gasteiger partial charge >= 0.3 is 0 Å². The molecule has 0 unspecified atom stereocenters. The first-order chi connectivity index (χ1) is 14.2. The van der Waals surface area contributed by atoms with Crippen molar-refractivity contribution in [1.29, 1.82) is 0 Å². The van der Waals surface area contributed by atoms with E-state index in [0.717, 1.165) is 74.7 Å². The Bertz CT molecular complexity index is 789. The lowest BCUT2D eigenvalue weighted by Crippen LogP contribution is -2.40. The molecule has 1 saturated heterocycles. The predicted molar refractivity (Wildman–Crippen MR) is 132 cm³/mol. The van der Waals surface area contributed by atoms with Gasteiger partial charge in [-0.25, -0.2) is 4.39 Å². The second-order valence-electron chi connectivity index (χ2n) is 7.68. The zero-order valence-electron chi connectivity index (χ0n) is 18.0. The van der Waals surface area contributed by atoms with Crippen LogP contribution < -0.4 is 10.6 Å². The fourth-order valence-electron chi connectivity index (χ4n) is 3.85. The highest BCUT2D eigenvalue weighted by atomic mass is 127. The lowest BCUT2D eigenvalue weighted by Gasteiger charge is -2.31. The van der Waals surface area contributed by atoms with E-state index in [9.17, 15) is 4.39 Å². The molecule has 30 heavy (non-hydrogen) atoms. The van der Waals surface area contributed by atoms with Crippen molar-refractivity contribution < 1.29 is 9.13 Å². The Morgan fingerprint density at radius 1 is 1.30 bits per heavy atom. The van der Waals surface area contributed by atoms with Crippen molar-refractivity contribution in [2.75, 3.05) is 53.0 Å². The van der Waals surface area contributed by atoms with Gasteiger partial charge in [0.15, 0.2) is 5.96 Å². The van der Waals surface area contributed by atoms with Gasteiger partial charge in [-0.05, 0) is 69.0 Å². The number of halogens is 2. The number of aromatic amines is 1. The number of aromatic nitrogens is 1. The summed E-state index contributed by atoms with van der Waals surface area (Å²) in [5, 5.41) is 7.70. The molecule has 6 nitrogen and oxygen atoms in total. The van der Waals surface area contributed by atoms with E-state index in [1.165, 1.54) is 18.9 Å². The average molecular weight is 531 g/mol. The van der Waals surface area contributed by atoms with Crippen molar-refractivity contribution in [3.63, 3.8) is 0 Å². The molecule has 1 fully saturated rings. The van der Waals surface area contributed by atoms with E-state index < -0.39 is 0 Å². The van der Waals surface area contributed by atoms with Crippen molar-refractivity contribution in [1.82, 2.24) is 20.5 Å². The van der Waals surface area contributed by atoms with Crippen LogP contribution in [0.1, 0.15) is 25.3 Å². The number of fused-ring (bicyclic) bond motifs is 1. The maximum Gasteiger partial charge on any atom is 0.191 e. The normalized spacial score (nSPS) is 15.9. The van der Waals surface area contributed by atoms with Gasteiger partial charge in [-0.1, -0.05) is 0 Å². The topological polar surface area (TPSA) is 64.7 Å². The molecule has 0 atom stereocenters. The van der Waals surface area contributed by atoms with Gasteiger partial charge in [0.25, 0.3) is 0 Å². The Kier molecular flexibility index (Phi) is 10.9. The van der Waals surface area contributed by atoms with E-state index in [1.54, 1.807) is 19.2 Å². The molecule has 3 N–H and O–H groups in total. The van der Waals surface area contributed by atoms with Crippen molar-refractivity contribution in [2.45, 2.75) is 26.2 Å². The second-order valence-corrected chi connectivity index (χ2v) is 7.68. The number of rotatable bonds is 9. The van der Waals surface area contributed by atoms with E-state index in [4.69, 9.17) is 9.73 Å². The number of nitrogens with one attached hydrogen (secondary N) is 3. The molecule has 3 rings (SSSR count). The Labute approximate surface area is 196 Å². The van der Waals surface area contributed by atoms with Crippen LogP contribution in [0.25, 0.3) is 10.9 Å². The van der Waals surface area contributed by atoms with Crippen LogP contribution in [0.15, 0.2) is 29.4 Å². The smallest absolute Gasteiger partial charge is 0.191 e. The highest BCUT2D eigenvalue weighted by Gasteiger charge is 2.18. The number of guanidine groups is 1. The molecule has 2 heterocycles. The standard InChI is InChI=1S/C22H34FN5O.HI/c1-3-24-22(27-15-17-7-10-28(11-8-17)12-13-29-2)25-9-6-18-16-26-21-5-4-19(23)14-20(18)21;/h4-5,14,16-17,26H,3,6-13,15H2,1-2H3,(H2,24,25,27);1H. The SMILES string of the molecule is CCNC(=NCC1CCN(CCOC)CC1)NCCc1c[nH]c2ccc(F)cc12.I. The van der Waals surface area contributed by atoms with Crippen LogP contribution in [0.2, 0.25) is 0 Å². The van der Waals surface area contributed by atoms with Crippen LogP contribution in [-0.4, -0.2) is 68.8 Å². The molecule has 0 saturated carbocycles. The third-order valence-corrected chi connectivity index (χ3v) is 5.59. The molecule has 1 aliphatic rings. The van der Waals surface area contributed by atoms with Crippen LogP contribution in [0, 0.1) is 11.7 Å². The van der Waals surface area contributed by atoms with Gasteiger partial charge in [0.2, 0.25) is 0 Å². The van der Waals surface area contributed by atoms with E-state index in [0.29, 0.717) is 5.92 Å². The maximum atomic E-state index is 13.5. The van der Waals surface area contributed by atoms with Gasteiger partial charge in [0.1, 0.15) is 5.82 Å². The van der Waals surface area contributed by atoms with Crippen LogP contribution in [0.3, 0.4) is 0 Å². The molecule has 0 aliphatic carbocycles. The Morgan fingerprint density at radius 3 is 2.83 bits per heavy atom. The number of nitrogens with zero attached hydrogens (tertiary/aromatic N) is 2. The van der Waals surface area contributed by atoms with E-state index >= 15 is 0 Å². The molecule has 168 valence electrons. The van der Waals surface area contributed by atoms with E-state index in [2.05, 4.69) is 27.4 Å². The minimum absolute atomic E-state index is 0. The van der Waals surface area contributed by atoms with Crippen molar-refractivity contribution in [2.24, 2.45) is 10.9 Å². The van der Waals surface area contributed by atoms with Crippen LogP contribution in [0.4, 0.5) is 4.39 Å². The molecular weight excluding hydrogens is 496 g/mol. The molecule has 0 radical (unpaired) electrons. The minimum atomic E-state index is -0.200. The highest BCUT2D eigenvalue weighted by molar-refractivity contribution is 14.0. The monoisotopic (exact) mass is 531 g/mol. The predicted octanol–water partition coefficient (Wildman–Crippen LogP) is 3.38. The first kappa shape index (κ1) is 24.9. The fraction of sp³-hybridized carbons (Fsp3) is 0.591. The lowest BCUT2D eigenvalue weighted by molar-refractivity contribution is 0.121. The van der Waals surface area contributed by atoms with Crippen molar-refractivity contribution >= 4 is 40.8 Å². The minimum Gasteiger partial charge on any atom is -0.383 e. The largest absolute Gasteiger partial charge is 0.383 e. The van der Waals surface area contributed by atoms with Crippen LogP contribution in [-0.2, 0) is 11.2 Å². The van der Waals surface area contributed by atoms with Gasteiger partial charge in [-0.15, -0.1) is 24.0 Å². The van der Waals surface area contributed by atoms with Crippen LogP contribution in [0.5, 0.6) is 0 Å². The number of piperidine rings is 1. The number of H-pyrrole nitrogens is 1. The quantitative estimate of drug-likeness (QED) is 0.264. The summed E-state index contributed by atoms with van der Waals surface area (Å²) in [7, 11) is 1.76. The number of hydrogen-bond acceptors (Lipinski definition) is 3. The van der Waals surface area contributed by atoms with Gasteiger partial charge in [0, 0.05) is 50.4 Å². The Balaban J connectivity index is 0.00000320. The number of likely N-dealkylation sites (tertiary alicyclic amines) is 1. The number of benzene rings is 1. The number of aliphatic imine (C=N–C) groups is 1. The summed E-state index contributed by atoms with van der Waals surface area (Å²) < 4.78 is 18.7. The Morgan fingerprint density at radius 2 is 2.10 bits per heavy atom. The van der Waals surface area contributed by atoms with Gasteiger partial charge < -0.3 is 25.3 Å². The van der Waals surface area contributed by atoms with Gasteiger partial charge in [-0.3, -0.25) is 4.99 Å². The zero-order chi connectivity index (χ0) is 20.5. The summed E-state index contributed by atoms with van der Waals surface area (Å²) in [6, 6.07) is 4.87. The highest BCUT2D eigenvalue weighted by Crippen LogP contribution is 2.20. The molecule has 1 aromatic carbocycles. The van der Waals surface area contributed by atoms with E-state index in [-0.39, 0.29) is 29.8 Å². The zero-order valence-corrected chi connectivity index (χ0v) is 20.4. The number of ether oxygens (including phenoxy) is 1. The van der Waals surface area contributed by atoms with Crippen molar-refractivity contribution in [3.05, 3.63) is 35.8 Å². The molecule has 1 aromatic heterocycles. The molecular formula is C22H35FIN5O. The van der Waals surface area contributed by atoms with Crippen LogP contribution >= 0.6 is 24.0 Å². The number of hydrogen-bond donors (Lipinski definition) is 3. The number of methoxy groups -OCH3 is 1. The molecule has 0 bridgehead atoms. The maximum absolute atomic E-state index is 13.5. The molecule has 1 aliphatic heterocycles. The van der Waals surface area contributed by atoms with Gasteiger partial charge in [-0.2, -0.15) is 0 Å². The summed E-state index contributed by atoms with van der Waals surface area (Å²) >= 11 is 0. The summed E-state index contributed by atoms with van der Waals surface area (Å²) in [6.45, 7) is 8.61. The first-order valence-electron chi connectivity index (χ1n) is 10.7. The summed E-state index contributed by atoms with van der Waals surface area (Å²) in [5.41, 5.74) is 2.09. The first-order valence-corrected chi connectivity index (χ1v) is 10.7. The van der Waals surface area contributed by atoms with E-state index in [1.807, 2.05) is 6.20 Å². The third kappa shape index (κ3) is 7.39. The second kappa shape index (κ2) is 13.1.